The summed E-state index contributed by atoms with van der Waals surface area (Å²) >= 11 is 0. The van der Waals surface area contributed by atoms with Crippen LogP contribution < -0.4 is 5.32 Å². The average molecular weight is 193 g/mol. The van der Waals surface area contributed by atoms with Crippen molar-refractivity contribution in [2.45, 2.75) is 33.0 Å². The molecule has 0 radical (unpaired) electrons. The summed E-state index contributed by atoms with van der Waals surface area (Å²) in [5, 5.41) is 3.31. The third-order valence-electron chi connectivity index (χ3n) is 2.01. The zero-order valence-corrected chi connectivity index (χ0v) is 8.99. The summed E-state index contributed by atoms with van der Waals surface area (Å²) in [5.74, 6) is 0. The highest BCUT2D eigenvalue weighted by molar-refractivity contribution is 5.14. The fourth-order valence-electron chi connectivity index (χ4n) is 1.21. The molecule has 1 rings (SSSR count). The van der Waals surface area contributed by atoms with Gasteiger partial charge in [0.05, 0.1) is 0 Å². The van der Waals surface area contributed by atoms with Crippen molar-refractivity contribution in [1.82, 2.24) is 5.32 Å². The van der Waals surface area contributed by atoms with Crippen LogP contribution in [0.2, 0.25) is 0 Å². The lowest BCUT2D eigenvalue weighted by Crippen LogP contribution is -2.28. The van der Waals surface area contributed by atoms with E-state index in [1.54, 1.807) is 0 Å². The summed E-state index contributed by atoms with van der Waals surface area (Å²) in [6.07, 6.45) is 1.20. The van der Waals surface area contributed by atoms with Gasteiger partial charge >= 0.3 is 0 Å². The molecule has 1 aromatic carbocycles. The van der Waals surface area contributed by atoms with E-state index in [9.17, 15) is 0 Å². The maximum absolute atomic E-state index is 5.50. The lowest BCUT2D eigenvalue weighted by molar-refractivity contribution is 0.0419. The zero-order chi connectivity index (χ0) is 10.2. The largest absolute Gasteiger partial charge is 0.364 e. The van der Waals surface area contributed by atoms with Gasteiger partial charge in [0.15, 0.2) is 0 Å². The highest BCUT2D eigenvalue weighted by Crippen LogP contribution is 1.98. The third kappa shape index (κ3) is 4.40. The minimum absolute atomic E-state index is 0.134. The molecule has 14 heavy (non-hydrogen) atoms. The van der Waals surface area contributed by atoms with Crippen LogP contribution in [0.15, 0.2) is 30.3 Å². The second kappa shape index (κ2) is 6.57. The van der Waals surface area contributed by atoms with Crippen LogP contribution in [0.4, 0.5) is 0 Å². The molecule has 0 aliphatic rings. The monoisotopic (exact) mass is 193 g/mol. The Morgan fingerprint density at radius 3 is 2.64 bits per heavy atom. The van der Waals surface area contributed by atoms with E-state index in [4.69, 9.17) is 4.74 Å². The second-order valence-electron chi connectivity index (χ2n) is 3.38. The first kappa shape index (κ1) is 11.2. The lowest BCUT2D eigenvalue weighted by Gasteiger charge is -2.14. The maximum Gasteiger partial charge on any atom is 0.105 e. The number of hydrogen-bond donors (Lipinski definition) is 1. The minimum atomic E-state index is 0.134. The van der Waals surface area contributed by atoms with E-state index < -0.39 is 0 Å². The van der Waals surface area contributed by atoms with Crippen molar-refractivity contribution >= 4 is 0 Å². The fourth-order valence-corrected chi connectivity index (χ4v) is 1.21. The van der Waals surface area contributed by atoms with Gasteiger partial charge in [-0.05, 0) is 18.9 Å². The molecule has 1 aromatic rings. The molecule has 0 aliphatic carbocycles. The first-order valence-electron chi connectivity index (χ1n) is 5.22. The van der Waals surface area contributed by atoms with Crippen molar-refractivity contribution in [1.29, 1.82) is 0 Å². The van der Waals surface area contributed by atoms with E-state index in [0.717, 1.165) is 19.6 Å². The number of rotatable bonds is 6. The van der Waals surface area contributed by atoms with E-state index in [1.165, 1.54) is 5.56 Å². The van der Waals surface area contributed by atoms with Crippen molar-refractivity contribution in [3.05, 3.63) is 35.9 Å². The van der Waals surface area contributed by atoms with Crippen molar-refractivity contribution in [2.24, 2.45) is 0 Å². The maximum atomic E-state index is 5.50. The van der Waals surface area contributed by atoms with Crippen LogP contribution in [0.3, 0.4) is 0 Å². The molecule has 1 unspecified atom stereocenters. The van der Waals surface area contributed by atoms with Crippen LogP contribution in [-0.4, -0.2) is 12.8 Å². The highest BCUT2D eigenvalue weighted by atomic mass is 16.5. The van der Waals surface area contributed by atoms with Crippen LogP contribution in [0.5, 0.6) is 0 Å². The van der Waals surface area contributed by atoms with Crippen LogP contribution >= 0.6 is 0 Å². The molecule has 2 nitrogen and oxygen atoms in total. The standard InChI is InChI=1S/C12H19NO/c1-3-9-14-11(2)13-10-12-7-5-4-6-8-12/h4-8,11,13H,3,9-10H2,1-2H3. The summed E-state index contributed by atoms with van der Waals surface area (Å²) in [6.45, 7) is 5.84. The molecule has 0 spiro atoms. The van der Waals surface area contributed by atoms with Gasteiger partial charge in [-0.25, -0.2) is 0 Å². The summed E-state index contributed by atoms with van der Waals surface area (Å²) in [4.78, 5) is 0. The first-order valence-corrected chi connectivity index (χ1v) is 5.22. The van der Waals surface area contributed by atoms with Crippen LogP contribution in [0.25, 0.3) is 0 Å². The normalized spacial score (nSPS) is 12.7. The van der Waals surface area contributed by atoms with Crippen LogP contribution in [0.1, 0.15) is 25.8 Å². The van der Waals surface area contributed by atoms with Crippen LogP contribution in [0, 0.1) is 0 Å². The number of ether oxygens (including phenoxy) is 1. The molecule has 0 heterocycles. The molecule has 0 aromatic heterocycles. The quantitative estimate of drug-likeness (QED) is 0.701. The van der Waals surface area contributed by atoms with Gasteiger partial charge in [0, 0.05) is 13.2 Å². The summed E-state index contributed by atoms with van der Waals surface area (Å²) in [5.41, 5.74) is 1.29. The number of hydrogen-bond acceptors (Lipinski definition) is 2. The van der Waals surface area contributed by atoms with Crippen molar-refractivity contribution in [3.63, 3.8) is 0 Å². The Hall–Kier alpha value is -0.860. The SMILES string of the molecule is CCCOC(C)NCc1ccccc1. The van der Waals surface area contributed by atoms with Crippen molar-refractivity contribution in [2.75, 3.05) is 6.61 Å². The molecule has 0 saturated heterocycles. The summed E-state index contributed by atoms with van der Waals surface area (Å²) < 4.78 is 5.50. The predicted octanol–water partition coefficient (Wildman–Crippen LogP) is 2.55. The van der Waals surface area contributed by atoms with Crippen LogP contribution in [-0.2, 0) is 11.3 Å². The average Bonchev–Trinajstić information content (AvgIpc) is 2.25. The summed E-state index contributed by atoms with van der Waals surface area (Å²) in [6, 6.07) is 10.3. The Bertz CT molecular complexity index is 235. The van der Waals surface area contributed by atoms with E-state index in [-0.39, 0.29) is 6.23 Å². The molecule has 0 fully saturated rings. The smallest absolute Gasteiger partial charge is 0.105 e. The van der Waals surface area contributed by atoms with Gasteiger partial charge in [-0.2, -0.15) is 0 Å². The fraction of sp³-hybridized carbons (Fsp3) is 0.500. The van der Waals surface area contributed by atoms with Gasteiger partial charge < -0.3 is 4.74 Å². The van der Waals surface area contributed by atoms with Gasteiger partial charge in [-0.15, -0.1) is 0 Å². The first-order chi connectivity index (χ1) is 6.83. The highest BCUT2D eigenvalue weighted by Gasteiger charge is 1.99. The molecular formula is C12H19NO. The van der Waals surface area contributed by atoms with Crippen molar-refractivity contribution < 1.29 is 4.74 Å². The second-order valence-corrected chi connectivity index (χ2v) is 3.38. The van der Waals surface area contributed by atoms with Gasteiger partial charge in [0.25, 0.3) is 0 Å². The molecule has 2 heteroatoms. The lowest BCUT2D eigenvalue weighted by atomic mass is 10.2. The topological polar surface area (TPSA) is 21.3 Å². The van der Waals surface area contributed by atoms with E-state index in [2.05, 4.69) is 36.5 Å². The molecule has 0 saturated carbocycles. The van der Waals surface area contributed by atoms with E-state index >= 15 is 0 Å². The van der Waals surface area contributed by atoms with Crippen molar-refractivity contribution in [3.8, 4) is 0 Å². The predicted molar refractivity (Wildman–Crippen MR) is 59.0 cm³/mol. The molecule has 0 bridgehead atoms. The van der Waals surface area contributed by atoms with Gasteiger partial charge in [-0.1, -0.05) is 37.3 Å². The van der Waals surface area contributed by atoms with Gasteiger partial charge in [0.1, 0.15) is 6.23 Å². The Morgan fingerprint density at radius 2 is 2.00 bits per heavy atom. The zero-order valence-electron chi connectivity index (χ0n) is 8.99. The molecule has 1 N–H and O–H groups in total. The molecule has 0 aliphatic heterocycles. The number of benzene rings is 1. The Balaban J connectivity index is 2.20. The Labute approximate surface area is 86.3 Å². The van der Waals surface area contributed by atoms with E-state index in [0.29, 0.717) is 0 Å². The van der Waals surface area contributed by atoms with E-state index in [1.807, 2.05) is 13.0 Å². The Kier molecular flexibility index (Phi) is 5.27. The van der Waals surface area contributed by atoms with Gasteiger partial charge in [0.2, 0.25) is 0 Å². The minimum Gasteiger partial charge on any atom is -0.364 e. The molecule has 78 valence electrons. The summed E-state index contributed by atoms with van der Waals surface area (Å²) in [7, 11) is 0. The molecular weight excluding hydrogens is 174 g/mol. The third-order valence-corrected chi connectivity index (χ3v) is 2.01. The molecule has 1 atom stereocenters. The van der Waals surface area contributed by atoms with Gasteiger partial charge in [-0.3, -0.25) is 5.32 Å². The number of nitrogens with one attached hydrogen (secondary N) is 1. The Morgan fingerprint density at radius 1 is 1.29 bits per heavy atom. The molecule has 0 amide bonds.